The number of carbonyl (C=O) groups excluding carboxylic acids is 2. The lowest BCUT2D eigenvalue weighted by Gasteiger charge is -2.32. The first-order chi connectivity index (χ1) is 21.4. The molecule has 45 heavy (non-hydrogen) atoms. The quantitative estimate of drug-likeness (QED) is 0.200. The number of piperidine rings is 1. The van der Waals surface area contributed by atoms with Crippen LogP contribution in [0.4, 0.5) is 0 Å². The molecule has 2 N–H and O–H groups in total. The first-order valence-electron chi connectivity index (χ1n) is 15.8. The van der Waals surface area contributed by atoms with Crippen molar-refractivity contribution in [3.8, 4) is 16.9 Å². The lowest BCUT2D eigenvalue weighted by Crippen LogP contribution is -2.50. The summed E-state index contributed by atoms with van der Waals surface area (Å²) in [6, 6.07) is 11.4. The Morgan fingerprint density at radius 2 is 1.89 bits per heavy atom. The number of nitrogens with zero attached hydrogens (tertiary/aromatic N) is 2. The third-order valence-electron chi connectivity index (χ3n) is 9.26. The molecule has 3 aromatic rings. The SMILES string of the molecule is C=CCC1(S(=O)(=O)n2cc(C)c3c(C(=O)NCC4C(=O)NC(C)CC4C)cc(-c4ccc(OCCCN(C)C)cc4)cc32)CC1. The summed E-state index contributed by atoms with van der Waals surface area (Å²) in [7, 11) is 0.283. The maximum atomic E-state index is 14.1. The second kappa shape index (κ2) is 13.0. The maximum Gasteiger partial charge on any atom is 0.252 e. The van der Waals surface area contributed by atoms with Crippen molar-refractivity contribution in [3.63, 3.8) is 0 Å². The Bertz CT molecular complexity index is 1690. The van der Waals surface area contributed by atoms with Crippen LogP contribution < -0.4 is 15.4 Å². The third-order valence-corrected chi connectivity index (χ3v) is 11.8. The van der Waals surface area contributed by atoms with Crippen LogP contribution in [0.1, 0.15) is 61.9 Å². The van der Waals surface area contributed by atoms with Gasteiger partial charge in [-0.25, -0.2) is 12.4 Å². The van der Waals surface area contributed by atoms with Crippen LogP contribution in [0.5, 0.6) is 5.75 Å². The predicted molar refractivity (Wildman–Crippen MR) is 179 cm³/mol. The van der Waals surface area contributed by atoms with Crippen molar-refractivity contribution in [2.45, 2.75) is 63.7 Å². The molecule has 3 unspecified atom stereocenters. The van der Waals surface area contributed by atoms with Crippen molar-refractivity contribution in [1.82, 2.24) is 19.5 Å². The van der Waals surface area contributed by atoms with Gasteiger partial charge in [0.1, 0.15) is 5.75 Å². The number of aromatic nitrogens is 1. The van der Waals surface area contributed by atoms with Crippen molar-refractivity contribution >= 4 is 32.7 Å². The second-order valence-electron chi connectivity index (χ2n) is 13.2. The molecule has 0 bridgehead atoms. The highest BCUT2D eigenvalue weighted by Crippen LogP contribution is 2.49. The largest absolute Gasteiger partial charge is 0.494 e. The number of carbonyl (C=O) groups is 2. The summed E-state index contributed by atoms with van der Waals surface area (Å²) in [4.78, 5) is 28.7. The van der Waals surface area contributed by atoms with Crippen LogP contribution in [0.15, 0.2) is 55.3 Å². The van der Waals surface area contributed by atoms with Crippen LogP contribution in [-0.2, 0) is 14.8 Å². The molecule has 0 spiro atoms. The summed E-state index contributed by atoms with van der Waals surface area (Å²) in [5.74, 6) is 0.125. The molecular weight excluding hydrogens is 588 g/mol. The van der Waals surface area contributed by atoms with Gasteiger partial charge in [0.05, 0.1) is 22.8 Å². The van der Waals surface area contributed by atoms with E-state index in [0.717, 1.165) is 30.7 Å². The van der Waals surface area contributed by atoms with E-state index in [-0.39, 0.29) is 36.2 Å². The van der Waals surface area contributed by atoms with E-state index in [1.165, 1.54) is 3.97 Å². The minimum Gasteiger partial charge on any atom is -0.494 e. The van der Waals surface area contributed by atoms with E-state index in [1.807, 2.05) is 71.3 Å². The Hall–Kier alpha value is -3.63. The molecule has 1 saturated carbocycles. The Morgan fingerprint density at radius 3 is 2.51 bits per heavy atom. The molecule has 2 fully saturated rings. The lowest BCUT2D eigenvalue weighted by atomic mass is 9.84. The van der Waals surface area contributed by atoms with Gasteiger partial charge in [-0.15, -0.1) is 6.58 Å². The van der Waals surface area contributed by atoms with Crippen LogP contribution >= 0.6 is 0 Å². The van der Waals surface area contributed by atoms with Gasteiger partial charge in [-0.2, -0.15) is 0 Å². The Morgan fingerprint density at radius 1 is 1.18 bits per heavy atom. The Kier molecular flexibility index (Phi) is 9.46. The first-order valence-corrected chi connectivity index (χ1v) is 17.3. The average molecular weight is 635 g/mol. The topological polar surface area (TPSA) is 110 Å². The number of amides is 2. The summed E-state index contributed by atoms with van der Waals surface area (Å²) >= 11 is 0. The number of rotatable bonds is 13. The van der Waals surface area contributed by atoms with Crippen LogP contribution in [0, 0.1) is 18.8 Å². The summed E-state index contributed by atoms with van der Waals surface area (Å²) in [6.07, 6.45) is 6.56. The van der Waals surface area contributed by atoms with Crippen LogP contribution in [0.25, 0.3) is 22.0 Å². The van der Waals surface area contributed by atoms with Gasteiger partial charge in [0.25, 0.3) is 5.91 Å². The van der Waals surface area contributed by atoms with Gasteiger partial charge in [0.15, 0.2) is 0 Å². The fourth-order valence-corrected chi connectivity index (χ4v) is 8.61. The normalized spacial score (nSPS) is 21.0. The average Bonchev–Trinajstić information content (AvgIpc) is 3.70. The van der Waals surface area contributed by atoms with Gasteiger partial charge in [-0.1, -0.05) is 25.1 Å². The molecule has 2 amide bonds. The monoisotopic (exact) mass is 634 g/mol. The molecule has 0 radical (unpaired) electrons. The summed E-state index contributed by atoms with van der Waals surface area (Å²) in [6.45, 7) is 11.4. The molecule has 1 aliphatic carbocycles. The molecule has 9 nitrogen and oxygen atoms in total. The molecule has 1 saturated heterocycles. The van der Waals surface area contributed by atoms with Gasteiger partial charge >= 0.3 is 0 Å². The summed E-state index contributed by atoms with van der Waals surface area (Å²) in [5, 5.41) is 6.58. The van der Waals surface area contributed by atoms with Crippen molar-refractivity contribution < 1.29 is 22.7 Å². The van der Waals surface area contributed by atoms with Gasteiger partial charge < -0.3 is 20.3 Å². The minimum atomic E-state index is -3.77. The second-order valence-corrected chi connectivity index (χ2v) is 15.4. The molecule has 2 heterocycles. The van der Waals surface area contributed by atoms with Gasteiger partial charge in [-0.05, 0) is 107 Å². The number of allylic oxidation sites excluding steroid dienone is 1. The Balaban J connectivity index is 1.52. The number of nitrogens with one attached hydrogen (secondary N) is 2. The molecular formula is C35H46N4O5S. The Labute approximate surface area is 267 Å². The first kappa shape index (κ1) is 32.8. The van der Waals surface area contributed by atoms with E-state index in [9.17, 15) is 18.0 Å². The number of aryl methyl sites for hydroxylation is 1. The molecule has 5 rings (SSSR count). The van der Waals surface area contributed by atoms with Crippen LogP contribution in [-0.4, -0.2) is 73.7 Å². The summed E-state index contributed by atoms with van der Waals surface area (Å²) in [5.41, 5.74) is 3.08. The molecule has 1 aromatic heterocycles. The third kappa shape index (κ3) is 6.67. The van der Waals surface area contributed by atoms with Crippen LogP contribution in [0.2, 0.25) is 0 Å². The number of benzene rings is 2. The van der Waals surface area contributed by atoms with E-state index in [4.69, 9.17) is 4.74 Å². The highest BCUT2D eigenvalue weighted by Gasteiger charge is 2.54. The summed E-state index contributed by atoms with van der Waals surface area (Å²) < 4.78 is 34.5. The van der Waals surface area contributed by atoms with Crippen molar-refractivity contribution in [2.24, 2.45) is 11.8 Å². The predicted octanol–water partition coefficient (Wildman–Crippen LogP) is 5.12. The van der Waals surface area contributed by atoms with E-state index in [1.54, 1.807) is 12.3 Å². The van der Waals surface area contributed by atoms with E-state index in [0.29, 0.717) is 53.5 Å². The zero-order valence-corrected chi connectivity index (χ0v) is 27.9. The van der Waals surface area contributed by atoms with Gasteiger partial charge in [0.2, 0.25) is 15.9 Å². The van der Waals surface area contributed by atoms with E-state index >= 15 is 0 Å². The number of ether oxygens (including phenoxy) is 1. The van der Waals surface area contributed by atoms with Crippen molar-refractivity contribution in [1.29, 1.82) is 0 Å². The van der Waals surface area contributed by atoms with Gasteiger partial charge in [0, 0.05) is 36.3 Å². The van der Waals surface area contributed by atoms with Crippen LogP contribution in [0.3, 0.4) is 0 Å². The standard InChI is InChI=1S/C35H46N4O5S/c1-7-13-35(14-15-35)45(42,43)39-22-24(3)32-29(33(40)36-21-30-23(2)18-25(4)37-34(30)41)19-27(20-31(32)39)26-9-11-28(12-10-26)44-17-8-16-38(5)6/h7,9-12,19-20,22-23,25,30H,1,8,13-18,21H2,2-6H3,(H,36,40)(H,37,41). The minimum absolute atomic E-state index is 0.0603. The molecule has 242 valence electrons. The molecule has 2 aromatic carbocycles. The number of hydrogen-bond donors (Lipinski definition) is 2. The lowest BCUT2D eigenvalue weighted by molar-refractivity contribution is -0.129. The highest BCUT2D eigenvalue weighted by molar-refractivity contribution is 7.91. The van der Waals surface area contributed by atoms with E-state index < -0.39 is 14.8 Å². The molecule has 1 aliphatic heterocycles. The van der Waals surface area contributed by atoms with Crippen molar-refractivity contribution in [3.05, 3.63) is 66.4 Å². The molecule has 10 heteroatoms. The highest BCUT2D eigenvalue weighted by atomic mass is 32.2. The zero-order chi connectivity index (χ0) is 32.5. The number of fused-ring (bicyclic) bond motifs is 1. The maximum absolute atomic E-state index is 14.1. The van der Waals surface area contributed by atoms with E-state index in [2.05, 4.69) is 22.1 Å². The van der Waals surface area contributed by atoms with Gasteiger partial charge in [-0.3, -0.25) is 9.59 Å². The fourth-order valence-electron chi connectivity index (χ4n) is 6.54. The fraction of sp³-hybridized carbons (Fsp3) is 0.486. The zero-order valence-electron chi connectivity index (χ0n) is 27.1. The number of hydrogen-bond acceptors (Lipinski definition) is 6. The molecule has 3 atom stereocenters. The van der Waals surface area contributed by atoms with Crippen molar-refractivity contribution in [2.75, 3.05) is 33.8 Å². The molecule has 2 aliphatic rings. The smallest absolute Gasteiger partial charge is 0.252 e.